The van der Waals surface area contributed by atoms with Crippen molar-refractivity contribution in [1.82, 2.24) is 5.10 Å². The number of hydrogen-bond donors (Lipinski definition) is 2. The fraction of sp³-hybridized carbons (Fsp3) is 0.625. The van der Waals surface area contributed by atoms with Crippen molar-refractivity contribution in [3.8, 4) is 0 Å². The highest BCUT2D eigenvalue weighted by atomic mass is 16.3. The standard InChI is InChI=1S/C8H14N2O/c1-8(2,3)7-4-6(5-11)9-10-7/h4,11H,5H2,1-3H3,(H,9,10)/p+1. The highest BCUT2D eigenvalue weighted by Crippen LogP contribution is 2.17. The minimum absolute atomic E-state index is 0.0621. The zero-order valence-corrected chi connectivity index (χ0v) is 7.23. The third-order valence-electron chi connectivity index (χ3n) is 1.65. The van der Waals surface area contributed by atoms with Gasteiger partial charge in [0.25, 0.3) is 0 Å². The molecule has 0 saturated carbocycles. The van der Waals surface area contributed by atoms with Crippen molar-refractivity contribution in [1.29, 1.82) is 0 Å². The number of aliphatic hydroxyl groups excluding tert-OH is 1. The van der Waals surface area contributed by atoms with Crippen molar-refractivity contribution in [2.45, 2.75) is 32.8 Å². The van der Waals surface area contributed by atoms with E-state index in [0.717, 1.165) is 11.4 Å². The van der Waals surface area contributed by atoms with Gasteiger partial charge in [-0.3, -0.25) is 0 Å². The van der Waals surface area contributed by atoms with E-state index in [0.29, 0.717) is 0 Å². The Kier molecular flexibility index (Phi) is 2.00. The van der Waals surface area contributed by atoms with Crippen LogP contribution in [0, 0.1) is 0 Å². The fourth-order valence-electron chi connectivity index (χ4n) is 0.883. The van der Waals surface area contributed by atoms with Gasteiger partial charge in [0.05, 0.1) is 6.61 Å². The summed E-state index contributed by atoms with van der Waals surface area (Å²) >= 11 is 0. The van der Waals surface area contributed by atoms with Gasteiger partial charge in [-0.25, -0.2) is 0 Å². The van der Waals surface area contributed by atoms with Gasteiger partial charge < -0.3 is 5.11 Å². The molecule has 11 heavy (non-hydrogen) atoms. The summed E-state index contributed by atoms with van der Waals surface area (Å²) in [5, 5.41) is 14.7. The van der Waals surface area contributed by atoms with Gasteiger partial charge in [-0.2, -0.15) is 5.10 Å². The maximum atomic E-state index is 8.77. The molecule has 0 atom stereocenters. The van der Waals surface area contributed by atoms with Crippen molar-refractivity contribution in [3.63, 3.8) is 0 Å². The summed E-state index contributed by atoms with van der Waals surface area (Å²) < 4.78 is 0. The van der Waals surface area contributed by atoms with Gasteiger partial charge in [-0.05, 0) is 0 Å². The summed E-state index contributed by atoms with van der Waals surface area (Å²) in [7, 11) is 0. The third-order valence-corrected chi connectivity index (χ3v) is 1.65. The van der Waals surface area contributed by atoms with E-state index in [1.165, 1.54) is 0 Å². The number of aliphatic hydroxyl groups is 1. The van der Waals surface area contributed by atoms with Gasteiger partial charge in [0.15, 0.2) is 0 Å². The molecule has 1 aromatic rings. The smallest absolute Gasteiger partial charge is 0.210 e. The summed E-state index contributed by atoms with van der Waals surface area (Å²) in [6.07, 6.45) is 0. The first-order valence-electron chi connectivity index (χ1n) is 3.75. The lowest BCUT2D eigenvalue weighted by Gasteiger charge is -2.08. The number of hydrogen-bond acceptors (Lipinski definition) is 1. The number of H-pyrrole nitrogens is 2. The lowest BCUT2D eigenvalue weighted by molar-refractivity contribution is -0.465. The normalized spacial score (nSPS) is 12.0. The molecular formula is C8H15N2O+. The van der Waals surface area contributed by atoms with Gasteiger partial charge in [-0.15, -0.1) is 5.10 Å². The molecule has 0 spiro atoms. The van der Waals surface area contributed by atoms with E-state index < -0.39 is 0 Å². The molecule has 3 heteroatoms. The van der Waals surface area contributed by atoms with E-state index in [2.05, 4.69) is 31.0 Å². The summed E-state index contributed by atoms with van der Waals surface area (Å²) in [4.78, 5) is 0. The highest BCUT2D eigenvalue weighted by Gasteiger charge is 2.22. The van der Waals surface area contributed by atoms with Crippen molar-refractivity contribution < 1.29 is 10.2 Å². The summed E-state index contributed by atoms with van der Waals surface area (Å²) in [5.74, 6) is 0. The van der Waals surface area contributed by atoms with Crippen LogP contribution in [-0.4, -0.2) is 10.2 Å². The molecule has 62 valence electrons. The Morgan fingerprint density at radius 2 is 2.18 bits per heavy atom. The second kappa shape index (κ2) is 2.66. The number of rotatable bonds is 1. The molecule has 0 bridgehead atoms. The van der Waals surface area contributed by atoms with Crippen molar-refractivity contribution >= 4 is 0 Å². The largest absolute Gasteiger partial charge is 0.390 e. The van der Waals surface area contributed by atoms with Crippen LogP contribution in [0.25, 0.3) is 0 Å². The van der Waals surface area contributed by atoms with Crippen LogP contribution >= 0.6 is 0 Å². The van der Waals surface area contributed by atoms with Crippen LogP contribution in [0.4, 0.5) is 0 Å². The van der Waals surface area contributed by atoms with Gasteiger partial charge >= 0.3 is 0 Å². The zero-order chi connectivity index (χ0) is 8.48. The maximum Gasteiger partial charge on any atom is 0.210 e. The Hall–Kier alpha value is -0.830. The van der Waals surface area contributed by atoms with Gasteiger partial charge in [0.1, 0.15) is 5.69 Å². The van der Waals surface area contributed by atoms with E-state index in [9.17, 15) is 0 Å². The summed E-state index contributed by atoms with van der Waals surface area (Å²) in [6.45, 7) is 6.42. The lowest BCUT2D eigenvalue weighted by Crippen LogP contribution is -2.22. The Bertz CT molecular complexity index is 234. The first kappa shape index (κ1) is 8.27. The predicted molar refractivity (Wildman–Crippen MR) is 42.0 cm³/mol. The zero-order valence-electron chi connectivity index (χ0n) is 7.23. The molecule has 0 aliphatic rings. The quantitative estimate of drug-likeness (QED) is 0.613. The van der Waals surface area contributed by atoms with Crippen molar-refractivity contribution in [2.75, 3.05) is 0 Å². The molecule has 0 aliphatic carbocycles. The second-order valence-corrected chi connectivity index (χ2v) is 3.74. The fourth-order valence-corrected chi connectivity index (χ4v) is 0.883. The molecule has 0 unspecified atom stereocenters. The van der Waals surface area contributed by atoms with Crippen LogP contribution in [-0.2, 0) is 12.0 Å². The van der Waals surface area contributed by atoms with Crippen LogP contribution in [0.15, 0.2) is 6.07 Å². The van der Waals surface area contributed by atoms with Gasteiger partial charge in [0.2, 0.25) is 5.69 Å². The number of nitrogens with one attached hydrogen (secondary N) is 2. The molecule has 1 aromatic heterocycles. The third kappa shape index (κ3) is 1.80. The first-order valence-corrected chi connectivity index (χ1v) is 3.75. The van der Waals surface area contributed by atoms with Gasteiger partial charge in [0, 0.05) is 11.5 Å². The first-order chi connectivity index (χ1) is 5.04. The van der Waals surface area contributed by atoms with E-state index >= 15 is 0 Å². The number of aromatic amines is 2. The van der Waals surface area contributed by atoms with Crippen LogP contribution in [0.1, 0.15) is 32.2 Å². The molecule has 0 amide bonds. The Labute approximate surface area is 66.4 Å². The van der Waals surface area contributed by atoms with E-state index in [1.54, 1.807) is 0 Å². The molecule has 1 heterocycles. The summed E-state index contributed by atoms with van der Waals surface area (Å²) in [6, 6.07) is 1.94. The average Bonchev–Trinajstić information content (AvgIpc) is 2.32. The SMILES string of the molecule is CC(C)(C)c1cc(CO)[nH][nH+]1. The molecule has 0 saturated heterocycles. The monoisotopic (exact) mass is 155 g/mol. The minimum atomic E-state index is 0.0621. The van der Waals surface area contributed by atoms with Crippen LogP contribution in [0.3, 0.4) is 0 Å². The van der Waals surface area contributed by atoms with Crippen molar-refractivity contribution in [3.05, 3.63) is 17.5 Å². The van der Waals surface area contributed by atoms with Gasteiger partial charge in [-0.1, -0.05) is 20.8 Å². The van der Waals surface area contributed by atoms with Crippen molar-refractivity contribution in [2.24, 2.45) is 0 Å². The van der Waals surface area contributed by atoms with Crippen LogP contribution < -0.4 is 5.10 Å². The molecule has 0 aromatic carbocycles. The minimum Gasteiger partial charge on any atom is -0.390 e. The molecule has 0 radical (unpaired) electrons. The average molecular weight is 155 g/mol. The second-order valence-electron chi connectivity index (χ2n) is 3.74. The van der Waals surface area contributed by atoms with E-state index in [-0.39, 0.29) is 12.0 Å². The molecule has 3 N–H and O–H groups in total. The Balaban J connectivity index is 2.89. The van der Waals surface area contributed by atoms with Crippen LogP contribution in [0.5, 0.6) is 0 Å². The Morgan fingerprint density at radius 3 is 2.45 bits per heavy atom. The topological polar surface area (TPSA) is 50.2 Å². The molecular weight excluding hydrogens is 140 g/mol. The Morgan fingerprint density at radius 1 is 1.55 bits per heavy atom. The maximum absolute atomic E-state index is 8.77. The van der Waals surface area contributed by atoms with Crippen LogP contribution in [0.2, 0.25) is 0 Å². The molecule has 1 rings (SSSR count). The summed E-state index contributed by atoms with van der Waals surface area (Å²) in [5.41, 5.74) is 2.06. The molecule has 0 aliphatic heterocycles. The predicted octanol–water partition coefficient (Wildman–Crippen LogP) is 0.619. The molecule has 3 nitrogen and oxygen atoms in total. The molecule has 0 fully saturated rings. The number of aromatic nitrogens is 2. The highest BCUT2D eigenvalue weighted by molar-refractivity contribution is 5.10. The van der Waals surface area contributed by atoms with E-state index in [4.69, 9.17) is 5.11 Å². The lowest BCUT2D eigenvalue weighted by atomic mass is 9.92. The van der Waals surface area contributed by atoms with E-state index in [1.807, 2.05) is 6.07 Å².